The van der Waals surface area contributed by atoms with Gasteiger partial charge in [-0.15, -0.1) is 0 Å². The molecule has 0 atom stereocenters. The van der Waals surface area contributed by atoms with Crippen molar-refractivity contribution in [1.29, 1.82) is 5.26 Å². The Balaban J connectivity index is 1.18. The molecule has 0 unspecified atom stereocenters. The van der Waals surface area contributed by atoms with E-state index in [4.69, 9.17) is 4.98 Å². The third-order valence-corrected chi connectivity index (χ3v) is 10.1. The molecule has 0 N–H and O–H groups in total. The minimum absolute atomic E-state index is 0.630. The minimum Gasteiger partial charge on any atom is -0.309 e. The van der Waals surface area contributed by atoms with Crippen molar-refractivity contribution >= 4 is 43.6 Å². The van der Waals surface area contributed by atoms with Crippen LogP contribution in [0.25, 0.3) is 88.6 Å². The van der Waals surface area contributed by atoms with Crippen molar-refractivity contribution in [3.8, 4) is 51.1 Å². The zero-order valence-corrected chi connectivity index (χ0v) is 28.1. The fourth-order valence-electron chi connectivity index (χ4n) is 7.75. The molecule has 0 aliphatic carbocycles. The summed E-state index contributed by atoms with van der Waals surface area (Å²) in [5.74, 6) is 0. The van der Waals surface area contributed by atoms with Crippen molar-refractivity contribution in [3.05, 3.63) is 188 Å². The first-order chi connectivity index (χ1) is 25.7. The highest BCUT2D eigenvalue weighted by Gasteiger charge is 2.20. The predicted octanol–water partition coefficient (Wildman–Crippen LogP) is 12.1. The molecule has 0 aliphatic heterocycles. The van der Waals surface area contributed by atoms with E-state index < -0.39 is 0 Å². The van der Waals surface area contributed by atoms with Crippen LogP contribution in [-0.4, -0.2) is 14.1 Å². The Labute approximate surface area is 300 Å². The van der Waals surface area contributed by atoms with Crippen molar-refractivity contribution in [2.45, 2.75) is 0 Å². The highest BCUT2D eigenvalue weighted by molar-refractivity contribution is 6.26. The average Bonchev–Trinajstić information content (AvgIpc) is 3.74. The lowest BCUT2D eigenvalue weighted by atomic mass is 9.99. The molecule has 3 aromatic heterocycles. The van der Waals surface area contributed by atoms with E-state index in [9.17, 15) is 5.26 Å². The van der Waals surface area contributed by atoms with Crippen LogP contribution in [0.3, 0.4) is 0 Å². The molecule has 7 aromatic carbocycles. The quantitative estimate of drug-likeness (QED) is 0.184. The standard InChI is InChI=1S/C48H30N4/c49-31-32-19-21-34(22-20-32)42-29-36(33-11-3-1-4-12-33)30-43(50-42)35-23-25-38(26-24-35)52-44-17-9-7-15-39(44)40-27-28-46-47(48(40)52)41-16-8-10-18-45(41)51(46)37-13-5-2-6-14-37/h1-30H. The normalized spacial score (nSPS) is 11.4. The molecule has 242 valence electrons. The van der Waals surface area contributed by atoms with Gasteiger partial charge in [-0.1, -0.05) is 115 Å². The van der Waals surface area contributed by atoms with Crippen LogP contribution in [0.5, 0.6) is 0 Å². The van der Waals surface area contributed by atoms with Crippen LogP contribution >= 0.6 is 0 Å². The summed E-state index contributed by atoms with van der Waals surface area (Å²) in [5, 5.41) is 14.3. The second-order valence-corrected chi connectivity index (χ2v) is 13.1. The first kappa shape index (κ1) is 29.7. The van der Waals surface area contributed by atoms with Crippen LogP contribution in [0.1, 0.15) is 5.56 Å². The number of para-hydroxylation sites is 3. The second-order valence-electron chi connectivity index (χ2n) is 13.1. The smallest absolute Gasteiger partial charge is 0.0991 e. The molecule has 4 nitrogen and oxygen atoms in total. The van der Waals surface area contributed by atoms with Gasteiger partial charge < -0.3 is 9.13 Å². The molecule has 0 saturated carbocycles. The van der Waals surface area contributed by atoms with Gasteiger partial charge in [0.25, 0.3) is 0 Å². The lowest BCUT2D eigenvalue weighted by Gasteiger charge is -2.13. The van der Waals surface area contributed by atoms with E-state index >= 15 is 0 Å². The van der Waals surface area contributed by atoms with Gasteiger partial charge in [0.15, 0.2) is 0 Å². The summed E-state index contributed by atoms with van der Waals surface area (Å²) < 4.78 is 4.81. The lowest BCUT2D eigenvalue weighted by molar-refractivity contribution is 1.17. The van der Waals surface area contributed by atoms with Crippen molar-refractivity contribution in [2.24, 2.45) is 0 Å². The molecule has 0 spiro atoms. The number of benzene rings is 7. The number of pyridine rings is 1. The van der Waals surface area contributed by atoms with E-state index in [-0.39, 0.29) is 0 Å². The summed E-state index contributed by atoms with van der Waals surface area (Å²) in [4.78, 5) is 5.16. The van der Waals surface area contributed by atoms with E-state index in [1.165, 1.54) is 43.6 Å². The Bertz CT molecular complexity index is 2980. The monoisotopic (exact) mass is 662 g/mol. The Morgan fingerprint density at radius 1 is 0.404 bits per heavy atom. The summed E-state index contributed by atoms with van der Waals surface area (Å²) in [7, 11) is 0. The van der Waals surface area contributed by atoms with Crippen LogP contribution in [0, 0.1) is 11.3 Å². The second kappa shape index (κ2) is 12.0. The molecule has 52 heavy (non-hydrogen) atoms. The summed E-state index contributed by atoms with van der Waals surface area (Å²) in [6.07, 6.45) is 0. The number of fused-ring (bicyclic) bond motifs is 7. The van der Waals surface area contributed by atoms with Crippen LogP contribution in [0.15, 0.2) is 182 Å². The lowest BCUT2D eigenvalue weighted by Crippen LogP contribution is -1.96. The minimum atomic E-state index is 0.630. The molecule has 0 bridgehead atoms. The summed E-state index contributed by atoms with van der Waals surface area (Å²) in [5.41, 5.74) is 13.6. The van der Waals surface area contributed by atoms with Gasteiger partial charge in [0, 0.05) is 44.0 Å². The van der Waals surface area contributed by atoms with Crippen LogP contribution in [-0.2, 0) is 0 Å². The molecule has 0 radical (unpaired) electrons. The Kier molecular flexibility index (Phi) is 6.84. The number of nitrogens with zero attached hydrogens (tertiary/aromatic N) is 4. The Morgan fingerprint density at radius 3 is 1.63 bits per heavy atom. The largest absolute Gasteiger partial charge is 0.309 e. The third kappa shape index (κ3) is 4.72. The zero-order chi connectivity index (χ0) is 34.6. The molecule has 0 amide bonds. The first-order valence-corrected chi connectivity index (χ1v) is 17.4. The zero-order valence-electron chi connectivity index (χ0n) is 28.1. The van der Waals surface area contributed by atoms with E-state index in [0.29, 0.717) is 5.56 Å². The van der Waals surface area contributed by atoms with Gasteiger partial charge in [0.1, 0.15) is 0 Å². The topological polar surface area (TPSA) is 46.5 Å². The van der Waals surface area contributed by atoms with E-state index in [2.05, 4.69) is 167 Å². The van der Waals surface area contributed by atoms with Gasteiger partial charge in [-0.05, 0) is 77.9 Å². The Hall–Kier alpha value is -7.22. The van der Waals surface area contributed by atoms with Gasteiger partial charge in [0.2, 0.25) is 0 Å². The van der Waals surface area contributed by atoms with Gasteiger partial charge in [-0.2, -0.15) is 5.26 Å². The van der Waals surface area contributed by atoms with Gasteiger partial charge >= 0.3 is 0 Å². The highest BCUT2D eigenvalue weighted by atomic mass is 15.0. The fraction of sp³-hybridized carbons (Fsp3) is 0. The summed E-state index contributed by atoms with van der Waals surface area (Å²) in [6.45, 7) is 0. The highest BCUT2D eigenvalue weighted by Crippen LogP contribution is 2.42. The number of hydrogen-bond acceptors (Lipinski definition) is 2. The predicted molar refractivity (Wildman–Crippen MR) is 214 cm³/mol. The van der Waals surface area contributed by atoms with Crippen molar-refractivity contribution in [2.75, 3.05) is 0 Å². The van der Waals surface area contributed by atoms with Crippen molar-refractivity contribution in [3.63, 3.8) is 0 Å². The van der Waals surface area contributed by atoms with E-state index in [0.717, 1.165) is 45.0 Å². The molecule has 10 aromatic rings. The number of aromatic nitrogens is 3. The molecule has 0 fully saturated rings. The average molecular weight is 663 g/mol. The maximum Gasteiger partial charge on any atom is 0.0991 e. The number of hydrogen-bond donors (Lipinski definition) is 0. The van der Waals surface area contributed by atoms with Crippen LogP contribution in [0.4, 0.5) is 0 Å². The fourth-order valence-corrected chi connectivity index (χ4v) is 7.75. The maximum atomic E-state index is 9.37. The molecule has 10 rings (SSSR count). The molecular weight excluding hydrogens is 633 g/mol. The molecular formula is C48H30N4. The van der Waals surface area contributed by atoms with Gasteiger partial charge in [-0.3, -0.25) is 0 Å². The maximum absolute atomic E-state index is 9.37. The van der Waals surface area contributed by atoms with Crippen molar-refractivity contribution in [1.82, 2.24) is 14.1 Å². The molecule has 0 saturated heterocycles. The summed E-state index contributed by atoms with van der Waals surface area (Å²) in [6, 6.07) is 66.0. The Morgan fingerprint density at radius 2 is 0.962 bits per heavy atom. The SMILES string of the molecule is N#Cc1ccc(-c2cc(-c3ccccc3)cc(-c3ccc(-n4c5ccccc5c5ccc6c(c7ccccc7n6-c6ccccc6)c54)cc3)n2)cc1. The van der Waals surface area contributed by atoms with Gasteiger partial charge in [-0.25, -0.2) is 4.98 Å². The van der Waals surface area contributed by atoms with E-state index in [1.807, 2.05) is 30.3 Å². The number of rotatable bonds is 5. The molecule has 3 heterocycles. The molecule has 4 heteroatoms. The first-order valence-electron chi connectivity index (χ1n) is 17.4. The van der Waals surface area contributed by atoms with Crippen LogP contribution in [0.2, 0.25) is 0 Å². The number of nitriles is 1. The van der Waals surface area contributed by atoms with Gasteiger partial charge in [0.05, 0.1) is 45.1 Å². The summed E-state index contributed by atoms with van der Waals surface area (Å²) >= 11 is 0. The molecule has 0 aliphatic rings. The third-order valence-electron chi connectivity index (χ3n) is 10.1. The van der Waals surface area contributed by atoms with Crippen molar-refractivity contribution < 1.29 is 0 Å². The van der Waals surface area contributed by atoms with Crippen LogP contribution < -0.4 is 0 Å². The van der Waals surface area contributed by atoms with E-state index in [1.54, 1.807) is 0 Å².